The number of ether oxygens (including phenoxy) is 1. The quantitative estimate of drug-likeness (QED) is 0.928. The second-order valence-corrected chi connectivity index (χ2v) is 4.89. The van der Waals surface area contributed by atoms with Crippen LogP contribution < -0.4 is 10.1 Å². The maximum absolute atomic E-state index is 11.0. The number of hydrogen-bond acceptors (Lipinski definition) is 3. The van der Waals surface area contributed by atoms with Crippen LogP contribution in [0.2, 0.25) is 0 Å². The molecule has 0 spiro atoms. The Morgan fingerprint density at radius 1 is 1.35 bits per heavy atom. The molecule has 0 aliphatic carbocycles. The maximum Gasteiger partial charge on any atom is 0.217 e. The number of benzene rings is 1. The van der Waals surface area contributed by atoms with Gasteiger partial charge in [-0.15, -0.1) is 0 Å². The normalized spacial score (nSPS) is 16.4. The highest BCUT2D eigenvalue weighted by atomic mass is 16.5. The van der Waals surface area contributed by atoms with E-state index < -0.39 is 0 Å². The third-order valence-corrected chi connectivity index (χ3v) is 3.35. The lowest BCUT2D eigenvalue weighted by atomic mass is 10.0. The van der Waals surface area contributed by atoms with Crippen LogP contribution in [-0.4, -0.2) is 23.5 Å². The largest absolute Gasteiger partial charge is 0.487 e. The van der Waals surface area contributed by atoms with E-state index in [2.05, 4.69) is 16.4 Å². The molecule has 1 atom stereocenters. The first kappa shape index (κ1) is 12.7. The zero-order valence-electron chi connectivity index (χ0n) is 11.3. The van der Waals surface area contributed by atoms with Gasteiger partial charge in [0.1, 0.15) is 11.9 Å². The molecule has 1 aliphatic rings. The van der Waals surface area contributed by atoms with Gasteiger partial charge in [-0.05, 0) is 23.8 Å². The molecule has 2 aromatic rings. The molecule has 2 heterocycles. The van der Waals surface area contributed by atoms with Crippen molar-refractivity contribution in [3.05, 3.63) is 48.2 Å². The van der Waals surface area contributed by atoms with E-state index in [0.717, 1.165) is 23.4 Å². The summed E-state index contributed by atoms with van der Waals surface area (Å²) >= 11 is 0. The minimum Gasteiger partial charge on any atom is -0.487 e. The second kappa shape index (κ2) is 5.33. The van der Waals surface area contributed by atoms with E-state index in [0.29, 0.717) is 6.54 Å². The van der Waals surface area contributed by atoms with Crippen molar-refractivity contribution in [3.63, 3.8) is 0 Å². The summed E-state index contributed by atoms with van der Waals surface area (Å²) < 4.78 is 5.99. The Morgan fingerprint density at radius 2 is 2.25 bits per heavy atom. The van der Waals surface area contributed by atoms with Crippen molar-refractivity contribution in [2.24, 2.45) is 0 Å². The minimum absolute atomic E-state index is 0.00115. The standard InChI is InChI=1S/C16H16N2O2/c1-11(19)18-10-13-9-12-5-4-6-14(16(12)20-13)15-7-2-3-8-17-15/h2-8,13H,9-10H2,1H3,(H,18,19)/t13-/m1/s1. The van der Waals surface area contributed by atoms with E-state index in [1.807, 2.05) is 30.3 Å². The second-order valence-electron chi connectivity index (χ2n) is 4.89. The lowest BCUT2D eigenvalue weighted by Gasteiger charge is -2.12. The zero-order valence-corrected chi connectivity index (χ0v) is 11.3. The number of carbonyl (C=O) groups excluding carboxylic acids is 1. The molecular weight excluding hydrogens is 252 g/mol. The number of pyridine rings is 1. The Labute approximate surface area is 117 Å². The average molecular weight is 268 g/mol. The molecule has 0 saturated heterocycles. The number of fused-ring (bicyclic) bond motifs is 1. The summed E-state index contributed by atoms with van der Waals surface area (Å²) in [5.41, 5.74) is 3.08. The molecule has 1 aliphatic heterocycles. The van der Waals surface area contributed by atoms with Crippen molar-refractivity contribution in [1.82, 2.24) is 10.3 Å². The molecule has 0 unspecified atom stereocenters. The number of rotatable bonds is 3. The third-order valence-electron chi connectivity index (χ3n) is 3.35. The van der Waals surface area contributed by atoms with Crippen LogP contribution in [0, 0.1) is 0 Å². The van der Waals surface area contributed by atoms with E-state index >= 15 is 0 Å². The highest BCUT2D eigenvalue weighted by Gasteiger charge is 2.25. The fourth-order valence-corrected chi connectivity index (χ4v) is 2.43. The van der Waals surface area contributed by atoms with Crippen molar-refractivity contribution < 1.29 is 9.53 Å². The zero-order chi connectivity index (χ0) is 13.9. The van der Waals surface area contributed by atoms with E-state index in [1.54, 1.807) is 6.20 Å². The Balaban J connectivity index is 1.85. The van der Waals surface area contributed by atoms with Gasteiger partial charge in [0.2, 0.25) is 5.91 Å². The van der Waals surface area contributed by atoms with Crippen LogP contribution in [0.4, 0.5) is 0 Å². The molecule has 1 aromatic carbocycles. The van der Waals surface area contributed by atoms with Crippen molar-refractivity contribution in [3.8, 4) is 17.0 Å². The Hall–Kier alpha value is -2.36. The predicted octanol–water partition coefficient (Wildman–Crippen LogP) is 2.19. The average Bonchev–Trinajstić information content (AvgIpc) is 2.89. The molecular formula is C16H16N2O2. The van der Waals surface area contributed by atoms with Gasteiger partial charge in [-0.1, -0.05) is 18.2 Å². The number of hydrogen-bond donors (Lipinski definition) is 1. The number of aromatic nitrogens is 1. The van der Waals surface area contributed by atoms with Gasteiger partial charge in [0, 0.05) is 25.1 Å². The number of nitrogens with zero attached hydrogens (tertiary/aromatic N) is 1. The van der Waals surface area contributed by atoms with Gasteiger partial charge in [0.15, 0.2) is 0 Å². The summed E-state index contributed by atoms with van der Waals surface area (Å²) in [5, 5.41) is 2.80. The van der Waals surface area contributed by atoms with Crippen LogP contribution >= 0.6 is 0 Å². The van der Waals surface area contributed by atoms with Gasteiger partial charge in [-0.3, -0.25) is 9.78 Å². The van der Waals surface area contributed by atoms with Gasteiger partial charge in [0.25, 0.3) is 0 Å². The molecule has 4 nitrogen and oxygen atoms in total. The van der Waals surface area contributed by atoms with Crippen molar-refractivity contribution in [2.45, 2.75) is 19.4 Å². The molecule has 102 valence electrons. The van der Waals surface area contributed by atoms with Gasteiger partial charge >= 0.3 is 0 Å². The molecule has 1 N–H and O–H groups in total. The van der Waals surface area contributed by atoms with Crippen LogP contribution in [0.5, 0.6) is 5.75 Å². The molecule has 0 bridgehead atoms. The van der Waals surface area contributed by atoms with E-state index in [-0.39, 0.29) is 12.0 Å². The molecule has 20 heavy (non-hydrogen) atoms. The number of nitrogens with one attached hydrogen (secondary N) is 1. The highest BCUT2D eigenvalue weighted by Crippen LogP contribution is 2.37. The Morgan fingerprint density at radius 3 is 3.00 bits per heavy atom. The number of amides is 1. The fraction of sp³-hybridized carbons (Fsp3) is 0.250. The summed E-state index contributed by atoms with van der Waals surface area (Å²) in [4.78, 5) is 15.4. The lowest BCUT2D eigenvalue weighted by Crippen LogP contribution is -2.32. The smallest absolute Gasteiger partial charge is 0.217 e. The molecule has 0 saturated carbocycles. The molecule has 4 heteroatoms. The first-order valence-corrected chi connectivity index (χ1v) is 6.68. The molecule has 1 aromatic heterocycles. The third kappa shape index (κ3) is 2.50. The molecule has 0 fully saturated rings. The molecule has 1 amide bonds. The maximum atomic E-state index is 11.0. The minimum atomic E-state index is -0.0329. The van der Waals surface area contributed by atoms with Crippen LogP contribution in [0.1, 0.15) is 12.5 Å². The van der Waals surface area contributed by atoms with Crippen LogP contribution in [0.3, 0.4) is 0 Å². The summed E-state index contributed by atoms with van der Waals surface area (Å²) in [6.07, 6.45) is 2.59. The van der Waals surface area contributed by atoms with Crippen LogP contribution in [-0.2, 0) is 11.2 Å². The molecule has 0 radical (unpaired) electrons. The van der Waals surface area contributed by atoms with Crippen molar-refractivity contribution >= 4 is 5.91 Å². The SMILES string of the molecule is CC(=O)NC[C@H]1Cc2cccc(-c3ccccn3)c2O1. The summed E-state index contributed by atoms with van der Waals surface area (Å²) in [7, 11) is 0. The number of para-hydroxylation sites is 1. The number of carbonyl (C=O) groups is 1. The lowest BCUT2D eigenvalue weighted by molar-refractivity contribution is -0.119. The van der Waals surface area contributed by atoms with Gasteiger partial charge < -0.3 is 10.1 Å². The van der Waals surface area contributed by atoms with Crippen molar-refractivity contribution in [2.75, 3.05) is 6.54 Å². The van der Waals surface area contributed by atoms with Crippen molar-refractivity contribution in [1.29, 1.82) is 0 Å². The van der Waals surface area contributed by atoms with E-state index in [1.165, 1.54) is 12.5 Å². The van der Waals surface area contributed by atoms with Gasteiger partial charge in [0.05, 0.1) is 12.2 Å². The van der Waals surface area contributed by atoms with Gasteiger partial charge in [-0.2, -0.15) is 0 Å². The molecule has 3 rings (SSSR count). The fourth-order valence-electron chi connectivity index (χ4n) is 2.43. The summed E-state index contributed by atoms with van der Waals surface area (Å²) in [6.45, 7) is 2.05. The highest BCUT2D eigenvalue weighted by molar-refractivity contribution is 5.73. The first-order valence-electron chi connectivity index (χ1n) is 6.68. The van der Waals surface area contributed by atoms with Gasteiger partial charge in [-0.25, -0.2) is 0 Å². The Kier molecular flexibility index (Phi) is 3.37. The monoisotopic (exact) mass is 268 g/mol. The van der Waals surface area contributed by atoms with E-state index in [9.17, 15) is 4.79 Å². The first-order chi connectivity index (χ1) is 9.74. The van der Waals surface area contributed by atoms with Crippen LogP contribution in [0.25, 0.3) is 11.3 Å². The summed E-state index contributed by atoms with van der Waals surface area (Å²) in [5.74, 6) is 0.857. The topological polar surface area (TPSA) is 51.2 Å². The van der Waals surface area contributed by atoms with E-state index in [4.69, 9.17) is 4.74 Å². The van der Waals surface area contributed by atoms with Crippen LogP contribution in [0.15, 0.2) is 42.6 Å². The Bertz CT molecular complexity index is 626. The summed E-state index contributed by atoms with van der Waals surface area (Å²) in [6, 6.07) is 11.9. The predicted molar refractivity (Wildman–Crippen MR) is 76.5 cm³/mol.